The predicted octanol–water partition coefficient (Wildman–Crippen LogP) is 0.218. The van der Waals surface area contributed by atoms with Crippen LogP contribution in [0.5, 0.6) is 0 Å². The second-order valence-electron chi connectivity index (χ2n) is 4.51. The summed E-state index contributed by atoms with van der Waals surface area (Å²) in [6, 6.07) is -0.670. The Kier molecular flexibility index (Phi) is 6.65. The molecule has 19 heavy (non-hydrogen) atoms. The Bertz CT molecular complexity index is 307. The number of nitrogens with two attached hydrogens (primary N) is 1. The molecule has 0 radical (unpaired) electrons. The lowest BCUT2D eigenvalue weighted by molar-refractivity contribution is -0.144. The number of amides is 1. The number of nitrogens with one attached hydrogen (secondary N) is 1. The lowest BCUT2D eigenvalue weighted by Gasteiger charge is -2.30. The van der Waals surface area contributed by atoms with Crippen molar-refractivity contribution in [1.29, 1.82) is 0 Å². The summed E-state index contributed by atoms with van der Waals surface area (Å²) in [4.78, 5) is 23.0. The molecule has 0 unspecified atom stereocenters. The van der Waals surface area contributed by atoms with Crippen LogP contribution in [0.2, 0.25) is 12.6 Å². The first-order chi connectivity index (χ1) is 9.12. The van der Waals surface area contributed by atoms with E-state index in [4.69, 9.17) is 15.1 Å². The molecular weight excluding hydrogens is 251 g/mol. The molecule has 0 bridgehead atoms. The highest BCUT2D eigenvalue weighted by atomic mass is 16.5. The van der Waals surface area contributed by atoms with E-state index in [1.807, 2.05) is 0 Å². The van der Waals surface area contributed by atoms with Gasteiger partial charge in [-0.05, 0) is 18.6 Å². The van der Waals surface area contributed by atoms with Gasteiger partial charge < -0.3 is 25.2 Å². The van der Waals surface area contributed by atoms with Crippen LogP contribution in [-0.4, -0.2) is 46.0 Å². The number of rotatable bonds is 5. The SMILES string of the molecule is COC(=O)N[C@H](C(=O)OC)C1CCB(OCN)CC1. The predicted molar refractivity (Wildman–Crippen MR) is 69.6 cm³/mol. The van der Waals surface area contributed by atoms with E-state index in [0.29, 0.717) is 0 Å². The highest BCUT2D eigenvalue weighted by Gasteiger charge is 2.35. The van der Waals surface area contributed by atoms with Gasteiger partial charge in [0.15, 0.2) is 0 Å². The van der Waals surface area contributed by atoms with Crippen LogP contribution in [0.3, 0.4) is 0 Å². The molecule has 1 rings (SSSR count). The first kappa shape index (κ1) is 15.8. The monoisotopic (exact) mass is 272 g/mol. The number of ether oxygens (including phenoxy) is 2. The molecule has 108 valence electrons. The van der Waals surface area contributed by atoms with Gasteiger partial charge in [0.1, 0.15) is 6.04 Å². The highest BCUT2D eigenvalue weighted by molar-refractivity contribution is 6.52. The normalized spacial score (nSPS) is 17.7. The summed E-state index contributed by atoms with van der Waals surface area (Å²) in [6.45, 7) is 0.341. The Morgan fingerprint density at radius 2 is 1.95 bits per heavy atom. The van der Waals surface area contributed by atoms with Crippen molar-refractivity contribution in [2.45, 2.75) is 31.5 Å². The van der Waals surface area contributed by atoms with Crippen LogP contribution in [0.1, 0.15) is 12.8 Å². The number of carbonyl (C=O) groups excluding carboxylic acids is 2. The summed E-state index contributed by atoms with van der Waals surface area (Å²) in [7, 11) is 2.56. The van der Waals surface area contributed by atoms with Crippen molar-refractivity contribution in [2.24, 2.45) is 11.7 Å². The Labute approximate surface area is 113 Å². The molecule has 1 amide bonds. The maximum Gasteiger partial charge on any atom is 0.407 e. The summed E-state index contributed by atoms with van der Waals surface area (Å²) in [6.07, 6.45) is 2.55. The third kappa shape index (κ3) is 4.72. The topological polar surface area (TPSA) is 99.9 Å². The number of alkyl carbamates (subject to hydrolysis) is 1. The van der Waals surface area contributed by atoms with E-state index in [1.54, 1.807) is 0 Å². The molecule has 1 fully saturated rings. The lowest BCUT2D eigenvalue weighted by atomic mass is 9.53. The average Bonchev–Trinajstić information content (AvgIpc) is 2.45. The van der Waals surface area contributed by atoms with Crippen LogP contribution in [0.4, 0.5) is 4.79 Å². The van der Waals surface area contributed by atoms with Crippen LogP contribution in [0.25, 0.3) is 0 Å². The van der Waals surface area contributed by atoms with Gasteiger partial charge in [-0.25, -0.2) is 9.59 Å². The number of hydrogen-bond acceptors (Lipinski definition) is 6. The van der Waals surface area contributed by atoms with Crippen molar-refractivity contribution in [2.75, 3.05) is 21.0 Å². The summed E-state index contributed by atoms with van der Waals surface area (Å²) in [5, 5.41) is 2.53. The molecule has 1 aliphatic rings. The van der Waals surface area contributed by atoms with Gasteiger partial charge in [-0.15, -0.1) is 0 Å². The summed E-state index contributed by atoms with van der Waals surface area (Å²) in [5.74, 6) is -0.419. The van der Waals surface area contributed by atoms with Gasteiger partial charge in [-0.1, -0.05) is 12.8 Å². The zero-order valence-electron chi connectivity index (χ0n) is 11.4. The second kappa shape index (κ2) is 8.01. The Hall–Kier alpha value is -1.28. The van der Waals surface area contributed by atoms with Crippen LogP contribution in [0.15, 0.2) is 0 Å². The summed E-state index contributed by atoms with van der Waals surface area (Å²) >= 11 is 0. The number of hydrogen-bond donors (Lipinski definition) is 2. The molecule has 1 heterocycles. The van der Waals surface area contributed by atoms with Gasteiger partial charge >= 0.3 is 12.1 Å². The van der Waals surface area contributed by atoms with Crippen LogP contribution >= 0.6 is 0 Å². The first-order valence-electron chi connectivity index (χ1n) is 6.36. The van der Waals surface area contributed by atoms with Crippen molar-refractivity contribution >= 4 is 19.0 Å². The molecule has 0 saturated carbocycles. The molecular formula is C11H21BN2O5. The third-order valence-corrected chi connectivity index (χ3v) is 3.44. The highest BCUT2D eigenvalue weighted by Crippen LogP contribution is 2.28. The molecule has 1 saturated heterocycles. The minimum atomic E-state index is -0.670. The van der Waals surface area contributed by atoms with E-state index in [9.17, 15) is 9.59 Å². The number of methoxy groups -OCH3 is 2. The minimum absolute atomic E-state index is 0.0316. The Morgan fingerprint density at radius 3 is 2.42 bits per heavy atom. The Morgan fingerprint density at radius 1 is 1.32 bits per heavy atom. The van der Waals surface area contributed by atoms with Crippen molar-refractivity contribution in [1.82, 2.24) is 5.32 Å². The van der Waals surface area contributed by atoms with Gasteiger partial charge in [0.05, 0.1) is 21.0 Å². The van der Waals surface area contributed by atoms with E-state index in [0.717, 1.165) is 25.5 Å². The van der Waals surface area contributed by atoms with Crippen molar-refractivity contribution in [3.05, 3.63) is 0 Å². The van der Waals surface area contributed by atoms with E-state index in [2.05, 4.69) is 10.1 Å². The smallest absolute Gasteiger partial charge is 0.407 e. The molecule has 1 aliphatic heterocycles. The fraction of sp³-hybridized carbons (Fsp3) is 0.818. The molecule has 1 atom stereocenters. The fourth-order valence-corrected chi connectivity index (χ4v) is 2.41. The molecule has 7 nitrogen and oxygen atoms in total. The van der Waals surface area contributed by atoms with E-state index in [1.165, 1.54) is 14.2 Å². The van der Waals surface area contributed by atoms with Crippen LogP contribution in [-0.2, 0) is 18.9 Å². The van der Waals surface area contributed by atoms with Crippen molar-refractivity contribution in [3.63, 3.8) is 0 Å². The van der Waals surface area contributed by atoms with Crippen molar-refractivity contribution in [3.8, 4) is 0 Å². The fourth-order valence-electron chi connectivity index (χ4n) is 2.41. The van der Waals surface area contributed by atoms with Gasteiger partial charge in [-0.2, -0.15) is 0 Å². The minimum Gasteiger partial charge on any atom is -0.467 e. The number of esters is 1. The molecule has 0 aromatic heterocycles. The largest absolute Gasteiger partial charge is 0.467 e. The summed E-state index contributed by atoms with van der Waals surface area (Å²) in [5.41, 5.74) is 5.34. The zero-order chi connectivity index (χ0) is 14.3. The second-order valence-corrected chi connectivity index (χ2v) is 4.51. The van der Waals surface area contributed by atoms with Gasteiger partial charge in [-0.3, -0.25) is 0 Å². The standard InChI is InChI=1S/C11H21BN2O5/c1-17-10(15)9(14-11(16)18-2)8-3-5-12(6-4-8)19-7-13/h8-9H,3-7,13H2,1-2H3,(H,14,16)/t9-/m0/s1. The Balaban J connectivity index is 2.56. The quantitative estimate of drug-likeness (QED) is 0.422. The van der Waals surface area contributed by atoms with Gasteiger partial charge in [0.25, 0.3) is 6.92 Å². The molecule has 0 aromatic rings. The summed E-state index contributed by atoms with van der Waals surface area (Å²) < 4.78 is 14.6. The van der Waals surface area contributed by atoms with Crippen LogP contribution in [0, 0.1) is 5.92 Å². The molecule has 0 spiro atoms. The zero-order valence-corrected chi connectivity index (χ0v) is 11.4. The first-order valence-corrected chi connectivity index (χ1v) is 6.36. The number of carbonyl (C=O) groups is 2. The molecule has 0 aliphatic carbocycles. The van der Waals surface area contributed by atoms with Crippen molar-refractivity contribution < 1.29 is 23.7 Å². The molecule has 3 N–H and O–H groups in total. The maximum absolute atomic E-state index is 11.7. The average molecular weight is 272 g/mol. The van der Waals surface area contributed by atoms with E-state index in [-0.39, 0.29) is 19.6 Å². The molecule has 8 heteroatoms. The lowest BCUT2D eigenvalue weighted by Crippen LogP contribution is -2.48. The maximum atomic E-state index is 11.7. The third-order valence-electron chi connectivity index (χ3n) is 3.44. The van der Waals surface area contributed by atoms with Gasteiger partial charge in [0.2, 0.25) is 0 Å². The van der Waals surface area contributed by atoms with Crippen LogP contribution < -0.4 is 11.1 Å². The molecule has 0 aromatic carbocycles. The van der Waals surface area contributed by atoms with E-state index < -0.39 is 18.1 Å². The van der Waals surface area contributed by atoms with E-state index >= 15 is 0 Å². The van der Waals surface area contributed by atoms with Gasteiger partial charge in [0, 0.05) is 0 Å².